The van der Waals surface area contributed by atoms with Crippen molar-refractivity contribution in [1.82, 2.24) is 10.0 Å². The van der Waals surface area contributed by atoms with Crippen LogP contribution in [0.3, 0.4) is 0 Å². The zero-order valence-electron chi connectivity index (χ0n) is 17.8. The highest BCUT2D eigenvalue weighted by molar-refractivity contribution is 6.34. The van der Waals surface area contributed by atoms with Crippen LogP contribution in [-0.4, -0.2) is 39.6 Å². The van der Waals surface area contributed by atoms with Gasteiger partial charge in [0.1, 0.15) is 6.04 Å². The van der Waals surface area contributed by atoms with Gasteiger partial charge in [-0.3, -0.25) is 19.2 Å². The van der Waals surface area contributed by atoms with Gasteiger partial charge in [0.05, 0.1) is 22.4 Å². The predicted octanol–water partition coefficient (Wildman–Crippen LogP) is 4.17. The Morgan fingerprint density at radius 2 is 1.69 bits per heavy atom. The number of fused-ring (bicyclic) bond motifs is 1. The molecular weight excluding hydrogens is 428 g/mol. The second-order valence-corrected chi connectivity index (χ2v) is 8.59. The van der Waals surface area contributed by atoms with Gasteiger partial charge < -0.3 is 0 Å². The van der Waals surface area contributed by atoms with Crippen LogP contribution < -0.4 is 0 Å². The highest BCUT2D eigenvalue weighted by atomic mass is 35.5. The van der Waals surface area contributed by atoms with Gasteiger partial charge in [-0.05, 0) is 31.4 Å². The van der Waals surface area contributed by atoms with Gasteiger partial charge >= 0.3 is 0 Å². The molecule has 1 saturated heterocycles. The molecule has 1 heterocycles. The van der Waals surface area contributed by atoms with Gasteiger partial charge in [0, 0.05) is 5.56 Å². The van der Waals surface area contributed by atoms with E-state index in [1.54, 1.807) is 48.5 Å². The van der Waals surface area contributed by atoms with E-state index in [9.17, 15) is 19.2 Å². The van der Waals surface area contributed by atoms with E-state index in [1.807, 2.05) is 19.1 Å². The molecule has 4 rings (SSSR count). The molecule has 0 bridgehead atoms. The molecule has 2 aliphatic rings. The fourth-order valence-corrected chi connectivity index (χ4v) is 4.71. The molecule has 1 fully saturated rings. The third-order valence-electron chi connectivity index (χ3n) is 6.18. The summed E-state index contributed by atoms with van der Waals surface area (Å²) < 4.78 is 0. The van der Waals surface area contributed by atoms with Crippen molar-refractivity contribution in [1.29, 1.82) is 0 Å². The van der Waals surface area contributed by atoms with Crippen LogP contribution in [0.4, 0.5) is 0 Å². The van der Waals surface area contributed by atoms with E-state index in [-0.39, 0.29) is 22.3 Å². The molecule has 32 heavy (non-hydrogen) atoms. The molecule has 0 N–H and O–H groups in total. The Bertz CT molecular complexity index is 1110. The van der Waals surface area contributed by atoms with Crippen LogP contribution in [0, 0.1) is 17.8 Å². The smallest absolute Gasteiger partial charge is 0.275 e. The van der Waals surface area contributed by atoms with Crippen LogP contribution in [-0.2, 0) is 9.59 Å². The summed E-state index contributed by atoms with van der Waals surface area (Å²) in [7, 11) is 0. The van der Waals surface area contributed by atoms with Crippen LogP contribution in [0.25, 0.3) is 0 Å². The van der Waals surface area contributed by atoms with Crippen molar-refractivity contribution >= 4 is 35.1 Å². The number of hydrazine groups is 1. The van der Waals surface area contributed by atoms with E-state index in [0.717, 1.165) is 10.0 Å². The number of hydrogen-bond acceptors (Lipinski definition) is 4. The number of nitrogens with zero attached hydrogens (tertiary/aromatic N) is 2. The maximum Gasteiger partial charge on any atom is 0.275 e. The molecule has 3 amide bonds. The lowest BCUT2D eigenvalue weighted by atomic mass is 9.78. The summed E-state index contributed by atoms with van der Waals surface area (Å²) in [5.41, 5.74) is 0.493. The number of benzene rings is 2. The van der Waals surface area contributed by atoms with Crippen molar-refractivity contribution < 1.29 is 19.2 Å². The van der Waals surface area contributed by atoms with Crippen molar-refractivity contribution in [2.45, 2.75) is 26.3 Å². The summed E-state index contributed by atoms with van der Waals surface area (Å²) in [6.45, 7) is 3.40. The van der Waals surface area contributed by atoms with Crippen molar-refractivity contribution in [3.63, 3.8) is 0 Å². The normalized spacial score (nSPS) is 23.1. The lowest BCUT2D eigenvalue weighted by molar-refractivity contribution is -0.156. The minimum Gasteiger partial charge on any atom is -0.292 e. The molecule has 6 nitrogen and oxygen atoms in total. The van der Waals surface area contributed by atoms with E-state index in [0.29, 0.717) is 12.0 Å². The number of ketones is 1. The summed E-state index contributed by atoms with van der Waals surface area (Å²) in [5, 5.41) is 2.05. The van der Waals surface area contributed by atoms with Gasteiger partial charge in [-0.25, -0.2) is 5.01 Å². The summed E-state index contributed by atoms with van der Waals surface area (Å²) in [6, 6.07) is 13.8. The van der Waals surface area contributed by atoms with Crippen LogP contribution >= 0.6 is 11.6 Å². The first kappa shape index (κ1) is 22.0. The molecule has 7 heteroatoms. The number of hydrogen-bond donors (Lipinski definition) is 0. The van der Waals surface area contributed by atoms with Crippen molar-refractivity contribution in [3.05, 3.63) is 82.9 Å². The maximum atomic E-state index is 13.6. The number of carbonyl (C=O) groups excluding carboxylic acids is 4. The molecule has 4 atom stereocenters. The molecule has 0 unspecified atom stereocenters. The van der Waals surface area contributed by atoms with Gasteiger partial charge in [-0.15, -0.1) is 0 Å². The largest absolute Gasteiger partial charge is 0.292 e. The molecule has 0 aromatic heterocycles. The monoisotopic (exact) mass is 450 g/mol. The van der Waals surface area contributed by atoms with E-state index >= 15 is 0 Å². The third-order valence-corrected chi connectivity index (χ3v) is 6.51. The van der Waals surface area contributed by atoms with E-state index in [1.165, 1.54) is 13.0 Å². The standard InChI is InChI=1S/C25H23ClN2O4/c1-15-9-8-13-19-21(15)25(32)28(24(19)31)27(23(30)18-12-6-7-14-20(18)26)16(2)22(29)17-10-4-3-5-11-17/h3-12,14-16,19,21H,13H2,1-2H3/t15-,16+,19+,21-/m1/s1. The molecule has 0 spiro atoms. The number of imide groups is 1. The highest BCUT2D eigenvalue weighted by Crippen LogP contribution is 2.40. The Labute approximate surface area is 191 Å². The van der Waals surface area contributed by atoms with Gasteiger partial charge in [-0.1, -0.05) is 73.1 Å². The van der Waals surface area contributed by atoms with Crippen molar-refractivity contribution in [3.8, 4) is 0 Å². The van der Waals surface area contributed by atoms with Gasteiger partial charge in [0.2, 0.25) is 0 Å². The molecule has 0 saturated carbocycles. The topological polar surface area (TPSA) is 74.8 Å². The minimum atomic E-state index is -1.10. The number of allylic oxidation sites excluding steroid dienone is 2. The van der Waals surface area contributed by atoms with Gasteiger partial charge in [0.25, 0.3) is 17.7 Å². The zero-order chi connectivity index (χ0) is 23.0. The lowest BCUT2D eigenvalue weighted by Crippen LogP contribution is -2.56. The first-order chi connectivity index (χ1) is 15.3. The van der Waals surface area contributed by atoms with Crippen LogP contribution in [0.15, 0.2) is 66.7 Å². The number of rotatable bonds is 5. The molecule has 1 aliphatic heterocycles. The Morgan fingerprint density at radius 1 is 1.03 bits per heavy atom. The second kappa shape index (κ2) is 8.71. The van der Waals surface area contributed by atoms with Crippen molar-refractivity contribution in [2.24, 2.45) is 17.8 Å². The fourth-order valence-electron chi connectivity index (χ4n) is 4.50. The molecule has 1 aliphatic carbocycles. The lowest BCUT2D eigenvalue weighted by Gasteiger charge is -2.35. The van der Waals surface area contributed by atoms with E-state index < -0.39 is 35.6 Å². The SMILES string of the molecule is C[C@@H]1C=CC[C@@H]2C(=O)N(N(C(=O)c3ccccc3Cl)[C@@H](C)C(=O)c3ccccc3)C(=O)[C@H]12. The third kappa shape index (κ3) is 3.65. The first-order valence-corrected chi connectivity index (χ1v) is 10.9. The van der Waals surface area contributed by atoms with Crippen LogP contribution in [0.5, 0.6) is 0 Å². The van der Waals surface area contributed by atoms with Crippen LogP contribution in [0.1, 0.15) is 41.0 Å². The number of carbonyl (C=O) groups is 4. The molecule has 2 aromatic carbocycles. The predicted molar refractivity (Wildman–Crippen MR) is 120 cm³/mol. The average molecular weight is 451 g/mol. The Kier molecular flexibility index (Phi) is 5.98. The summed E-state index contributed by atoms with van der Waals surface area (Å²) in [4.78, 5) is 53.7. The Balaban J connectivity index is 1.78. The van der Waals surface area contributed by atoms with Gasteiger partial charge in [-0.2, -0.15) is 5.01 Å². The van der Waals surface area contributed by atoms with Gasteiger partial charge in [0.15, 0.2) is 5.78 Å². The number of Topliss-reactive ketones (excluding diaryl/α,β-unsaturated/α-hetero) is 1. The summed E-state index contributed by atoms with van der Waals surface area (Å²) in [5.74, 6) is -3.25. The quantitative estimate of drug-likeness (QED) is 0.389. The number of amides is 3. The van der Waals surface area contributed by atoms with Crippen LogP contribution in [0.2, 0.25) is 5.02 Å². The first-order valence-electron chi connectivity index (χ1n) is 10.5. The second-order valence-electron chi connectivity index (χ2n) is 8.18. The Morgan fingerprint density at radius 3 is 2.34 bits per heavy atom. The molecule has 2 aromatic rings. The maximum absolute atomic E-state index is 13.6. The summed E-state index contributed by atoms with van der Waals surface area (Å²) in [6.07, 6.45) is 4.22. The average Bonchev–Trinajstić information content (AvgIpc) is 3.05. The van der Waals surface area contributed by atoms with E-state index in [2.05, 4.69) is 0 Å². The Hall–Kier alpha value is -3.25. The number of halogens is 1. The molecular formula is C25H23ClN2O4. The molecule has 0 radical (unpaired) electrons. The van der Waals surface area contributed by atoms with Crippen molar-refractivity contribution in [2.75, 3.05) is 0 Å². The highest BCUT2D eigenvalue weighted by Gasteiger charge is 2.54. The summed E-state index contributed by atoms with van der Waals surface area (Å²) >= 11 is 6.26. The van der Waals surface area contributed by atoms with E-state index in [4.69, 9.17) is 11.6 Å². The fraction of sp³-hybridized carbons (Fsp3) is 0.280. The minimum absolute atomic E-state index is 0.114. The zero-order valence-corrected chi connectivity index (χ0v) is 18.5. The molecule has 164 valence electrons.